The summed E-state index contributed by atoms with van der Waals surface area (Å²) >= 11 is 0. The van der Waals surface area contributed by atoms with Crippen molar-refractivity contribution in [3.8, 4) is 0 Å². The van der Waals surface area contributed by atoms with Gasteiger partial charge in [0, 0.05) is 13.0 Å². The highest BCUT2D eigenvalue weighted by molar-refractivity contribution is 5.77. The second-order valence-corrected chi connectivity index (χ2v) is 8.08. The van der Waals surface area contributed by atoms with Crippen molar-refractivity contribution >= 4 is 10.9 Å². The van der Waals surface area contributed by atoms with Gasteiger partial charge in [-0.15, -0.1) is 0 Å². The Balaban J connectivity index is 2.44. The fourth-order valence-electron chi connectivity index (χ4n) is 3.19. The Morgan fingerprint density at radius 1 is 0.600 bits per heavy atom. The molecule has 0 saturated carbocycles. The summed E-state index contributed by atoms with van der Waals surface area (Å²) in [7, 11) is 0. The number of aryl methyl sites for hydroxylation is 1. The Hall–Kier alpha value is -3.03. The third kappa shape index (κ3) is 4.57. The normalized spacial score (nSPS) is 15.1. The monoisotopic (exact) mass is 623 g/mol. The lowest BCUT2D eigenvalue weighted by molar-refractivity contribution is -0.461. The number of hydrogen-bond acceptors (Lipinski definition) is 3. The molecule has 0 N–H and O–H groups in total. The van der Waals surface area contributed by atoms with Gasteiger partial charge in [0.1, 0.15) is 0 Å². The molecule has 0 amide bonds. The van der Waals surface area contributed by atoms with Crippen LogP contribution in [0.1, 0.15) is 12.8 Å². The van der Waals surface area contributed by atoms with Crippen LogP contribution in [0, 0.1) is 0 Å². The molecule has 0 spiro atoms. The molecule has 2 rings (SSSR count). The van der Waals surface area contributed by atoms with Crippen molar-refractivity contribution in [2.75, 3.05) is 0 Å². The number of alkyl halides is 17. The molecule has 0 bridgehead atoms. The van der Waals surface area contributed by atoms with Crippen molar-refractivity contribution in [3.05, 3.63) is 45.2 Å². The number of nitrogens with zero attached hydrogens (tertiary/aromatic N) is 1. The van der Waals surface area contributed by atoms with Crippen LogP contribution in [0.5, 0.6) is 0 Å². The standard InChI is InChI=1S/C19H10F17NO3/c20-12(21,6-3-7-37-9-5-2-1-4-8(9)10(38)40-11(37)39)13(22,23)14(24,25)15(26,27)16(28,29)17(30,31)18(32,33)19(34,35)36/h1-2,4-5H,3,6-7H2. The molecular formula is C19H10F17NO3. The molecule has 0 radical (unpaired) electrons. The van der Waals surface area contributed by atoms with E-state index in [2.05, 4.69) is 4.42 Å². The summed E-state index contributed by atoms with van der Waals surface area (Å²) in [6.07, 6.45) is -12.1. The predicted molar refractivity (Wildman–Crippen MR) is 96.7 cm³/mol. The van der Waals surface area contributed by atoms with Gasteiger partial charge in [-0.25, -0.2) is 9.59 Å². The fourth-order valence-corrected chi connectivity index (χ4v) is 3.19. The molecule has 1 aromatic heterocycles. The summed E-state index contributed by atoms with van der Waals surface area (Å²) in [6, 6.07) is 4.35. The molecule has 0 atom stereocenters. The van der Waals surface area contributed by atoms with Crippen LogP contribution in [0.3, 0.4) is 0 Å². The van der Waals surface area contributed by atoms with Gasteiger partial charge in [0.2, 0.25) is 0 Å². The van der Waals surface area contributed by atoms with Gasteiger partial charge in [-0.05, 0) is 18.6 Å². The Morgan fingerprint density at radius 2 is 1.02 bits per heavy atom. The maximum absolute atomic E-state index is 14.0. The van der Waals surface area contributed by atoms with Crippen LogP contribution in [-0.2, 0) is 6.54 Å². The van der Waals surface area contributed by atoms with E-state index in [1.165, 1.54) is 6.07 Å². The molecule has 1 aromatic carbocycles. The Morgan fingerprint density at radius 3 is 1.50 bits per heavy atom. The average Bonchev–Trinajstić information content (AvgIpc) is 2.79. The van der Waals surface area contributed by atoms with Crippen molar-refractivity contribution in [1.29, 1.82) is 0 Å². The molecule has 0 saturated heterocycles. The minimum absolute atomic E-state index is 0.297. The van der Waals surface area contributed by atoms with Gasteiger partial charge in [-0.3, -0.25) is 4.57 Å². The van der Waals surface area contributed by atoms with E-state index in [0.717, 1.165) is 18.2 Å². The molecule has 0 aliphatic rings. The Labute approximate surface area is 207 Å². The van der Waals surface area contributed by atoms with Gasteiger partial charge >= 0.3 is 59.0 Å². The minimum atomic E-state index is -8.70. The molecule has 21 heteroatoms. The third-order valence-electron chi connectivity index (χ3n) is 5.47. The number of benzene rings is 1. The fraction of sp³-hybridized carbons (Fsp3) is 0.579. The average molecular weight is 623 g/mol. The molecule has 0 unspecified atom stereocenters. The molecule has 2 aromatic rings. The van der Waals surface area contributed by atoms with E-state index in [9.17, 15) is 84.2 Å². The molecular weight excluding hydrogens is 613 g/mol. The highest BCUT2D eigenvalue weighted by Crippen LogP contribution is 2.64. The number of rotatable bonds is 10. The largest absolute Gasteiger partial charge is 0.460 e. The number of para-hydroxylation sites is 1. The molecule has 0 aliphatic heterocycles. The second-order valence-electron chi connectivity index (χ2n) is 8.08. The van der Waals surface area contributed by atoms with Crippen molar-refractivity contribution in [3.63, 3.8) is 0 Å². The SMILES string of the molecule is O=c1oc(=O)n(CCCC(F)(F)C(F)(F)C(F)(F)C(F)(F)C(F)(F)C(F)(F)C(F)(F)C(F)(F)F)c2ccccc12. The van der Waals surface area contributed by atoms with Crippen LogP contribution in [0.4, 0.5) is 74.6 Å². The van der Waals surface area contributed by atoms with Gasteiger partial charge in [-0.2, -0.15) is 74.6 Å². The maximum Gasteiger partial charge on any atom is 0.460 e. The lowest BCUT2D eigenvalue weighted by Gasteiger charge is -2.42. The van der Waals surface area contributed by atoms with Crippen LogP contribution < -0.4 is 11.4 Å². The number of aromatic nitrogens is 1. The predicted octanol–water partition coefficient (Wildman–Crippen LogP) is 6.74. The zero-order chi connectivity index (χ0) is 31.5. The highest BCUT2D eigenvalue weighted by Gasteiger charge is 2.95. The van der Waals surface area contributed by atoms with Crippen molar-refractivity contribution < 1.29 is 79.1 Å². The number of halogens is 17. The quantitative estimate of drug-likeness (QED) is 0.276. The zero-order valence-electron chi connectivity index (χ0n) is 18.5. The first-order valence-corrected chi connectivity index (χ1v) is 9.97. The first-order valence-electron chi connectivity index (χ1n) is 9.97. The molecule has 228 valence electrons. The summed E-state index contributed by atoms with van der Waals surface area (Å²) < 4.78 is 231. The highest BCUT2D eigenvalue weighted by atomic mass is 19.4. The zero-order valence-corrected chi connectivity index (χ0v) is 18.5. The van der Waals surface area contributed by atoms with E-state index in [4.69, 9.17) is 0 Å². The Bertz CT molecular complexity index is 1360. The second kappa shape index (κ2) is 9.52. The third-order valence-corrected chi connectivity index (χ3v) is 5.47. The summed E-state index contributed by atoms with van der Waals surface area (Å²) in [5, 5.41) is -0.399. The van der Waals surface area contributed by atoms with Gasteiger partial charge < -0.3 is 4.42 Å². The molecule has 0 aliphatic carbocycles. The van der Waals surface area contributed by atoms with Gasteiger partial charge in [0.25, 0.3) is 0 Å². The molecule has 40 heavy (non-hydrogen) atoms. The van der Waals surface area contributed by atoms with Gasteiger partial charge in [0.05, 0.1) is 10.9 Å². The van der Waals surface area contributed by atoms with E-state index >= 15 is 0 Å². The van der Waals surface area contributed by atoms with E-state index in [-0.39, 0.29) is 0 Å². The van der Waals surface area contributed by atoms with E-state index in [1.54, 1.807) is 0 Å². The van der Waals surface area contributed by atoms with Crippen LogP contribution in [-0.4, -0.2) is 52.2 Å². The van der Waals surface area contributed by atoms with Crippen LogP contribution in [0.2, 0.25) is 0 Å². The lowest BCUT2D eigenvalue weighted by atomic mass is 9.88. The van der Waals surface area contributed by atoms with Crippen LogP contribution >= 0.6 is 0 Å². The maximum atomic E-state index is 14.0. The first-order chi connectivity index (χ1) is 17.6. The molecule has 1 heterocycles. The van der Waals surface area contributed by atoms with E-state index in [1.807, 2.05) is 0 Å². The van der Waals surface area contributed by atoms with Gasteiger partial charge in [0.15, 0.2) is 0 Å². The Kier molecular flexibility index (Phi) is 7.90. The van der Waals surface area contributed by atoms with Crippen LogP contribution in [0.15, 0.2) is 38.3 Å². The van der Waals surface area contributed by atoms with Crippen LogP contribution in [0.25, 0.3) is 10.9 Å². The molecule has 0 fully saturated rings. The smallest absolute Gasteiger partial charge is 0.372 e. The van der Waals surface area contributed by atoms with Gasteiger partial charge in [-0.1, -0.05) is 12.1 Å². The van der Waals surface area contributed by atoms with Crippen molar-refractivity contribution in [2.24, 2.45) is 0 Å². The first kappa shape index (κ1) is 33.2. The topological polar surface area (TPSA) is 52.2 Å². The van der Waals surface area contributed by atoms with E-state index in [0.29, 0.717) is 4.57 Å². The number of hydrogen-bond donors (Lipinski definition) is 0. The molecule has 4 nitrogen and oxygen atoms in total. The van der Waals surface area contributed by atoms with Crippen molar-refractivity contribution in [1.82, 2.24) is 4.57 Å². The summed E-state index contributed by atoms with van der Waals surface area (Å²) in [4.78, 5) is 23.4. The van der Waals surface area contributed by atoms with E-state index < -0.39 is 89.3 Å². The minimum Gasteiger partial charge on any atom is -0.372 e. The summed E-state index contributed by atoms with van der Waals surface area (Å²) in [5.41, 5.74) is -1.67. The lowest BCUT2D eigenvalue weighted by Crippen LogP contribution is -2.74. The summed E-state index contributed by atoms with van der Waals surface area (Å²) in [5.74, 6) is -58.5. The number of fused-ring (bicyclic) bond motifs is 1. The van der Waals surface area contributed by atoms with Crippen molar-refractivity contribution in [2.45, 2.75) is 67.0 Å². The summed E-state index contributed by atoms with van der Waals surface area (Å²) in [6.45, 7) is -1.22.